The Morgan fingerprint density at radius 2 is 1.44 bits per heavy atom. The maximum Gasteiger partial charge on any atom is 0.317 e. The van der Waals surface area contributed by atoms with Gasteiger partial charge in [0.1, 0.15) is 0 Å². The second kappa shape index (κ2) is 5.50. The largest absolute Gasteiger partial charge is 0.335 e. The van der Waals surface area contributed by atoms with E-state index >= 15 is 0 Å². The van der Waals surface area contributed by atoms with E-state index in [0.717, 1.165) is 24.9 Å². The lowest BCUT2D eigenvalue weighted by Crippen LogP contribution is -2.47. The molecule has 1 N–H and O–H groups in total. The van der Waals surface area contributed by atoms with Gasteiger partial charge in [0.2, 0.25) is 0 Å². The Bertz CT molecular complexity index is 277. The van der Waals surface area contributed by atoms with Crippen LogP contribution in [-0.4, -0.2) is 30.1 Å². The molecule has 3 nitrogen and oxygen atoms in total. The number of carbonyl (C=O) groups excluding carboxylic acids is 1. The maximum atomic E-state index is 12.4. The van der Waals surface area contributed by atoms with Crippen molar-refractivity contribution in [3.8, 4) is 0 Å². The van der Waals surface area contributed by atoms with Crippen molar-refractivity contribution >= 4 is 6.03 Å². The number of nitrogens with zero attached hydrogens (tertiary/aromatic N) is 1. The fourth-order valence-corrected chi connectivity index (χ4v) is 2.98. The molecular formula is C15H26N2O. The first-order valence-corrected chi connectivity index (χ1v) is 7.86. The summed E-state index contributed by atoms with van der Waals surface area (Å²) in [5, 5.41) is 3.27. The second-order valence-corrected chi connectivity index (χ2v) is 6.58. The molecule has 0 radical (unpaired) electrons. The first-order chi connectivity index (χ1) is 8.81. The number of hydrogen-bond acceptors (Lipinski definition) is 1. The lowest BCUT2D eigenvalue weighted by Gasteiger charge is -2.28. The molecule has 0 heterocycles. The molecule has 3 heteroatoms. The fraction of sp³-hybridized carbons (Fsp3) is 0.933. The minimum Gasteiger partial charge on any atom is -0.335 e. The van der Waals surface area contributed by atoms with Crippen LogP contribution < -0.4 is 5.32 Å². The van der Waals surface area contributed by atoms with Crippen molar-refractivity contribution in [2.24, 2.45) is 11.8 Å². The Balaban J connectivity index is 1.48. The van der Waals surface area contributed by atoms with Crippen molar-refractivity contribution in [3.63, 3.8) is 0 Å². The van der Waals surface area contributed by atoms with Gasteiger partial charge in [0.15, 0.2) is 0 Å². The van der Waals surface area contributed by atoms with Gasteiger partial charge in [-0.3, -0.25) is 0 Å². The van der Waals surface area contributed by atoms with Crippen LogP contribution in [0.3, 0.4) is 0 Å². The summed E-state index contributed by atoms with van der Waals surface area (Å²) in [6.45, 7) is 2.02. The Kier molecular flexibility index (Phi) is 3.76. The Morgan fingerprint density at radius 3 is 1.94 bits per heavy atom. The van der Waals surface area contributed by atoms with Crippen LogP contribution in [0, 0.1) is 11.8 Å². The summed E-state index contributed by atoms with van der Waals surface area (Å²) in [4.78, 5) is 14.5. The molecule has 3 aliphatic rings. The molecule has 0 saturated heterocycles. The van der Waals surface area contributed by atoms with Crippen LogP contribution in [0.25, 0.3) is 0 Å². The monoisotopic (exact) mass is 250 g/mol. The molecule has 18 heavy (non-hydrogen) atoms. The smallest absolute Gasteiger partial charge is 0.317 e. The van der Waals surface area contributed by atoms with E-state index < -0.39 is 0 Å². The number of rotatable bonds is 5. The van der Waals surface area contributed by atoms with Crippen LogP contribution in [0.15, 0.2) is 0 Å². The summed E-state index contributed by atoms with van der Waals surface area (Å²) < 4.78 is 0. The van der Waals surface area contributed by atoms with E-state index in [1.54, 1.807) is 0 Å². The van der Waals surface area contributed by atoms with Crippen molar-refractivity contribution < 1.29 is 4.79 Å². The summed E-state index contributed by atoms with van der Waals surface area (Å²) in [5.41, 5.74) is 0. The minimum absolute atomic E-state index is 0.223. The molecule has 0 aromatic heterocycles. The normalized spacial score (nSPS) is 24.9. The van der Waals surface area contributed by atoms with Crippen LogP contribution in [0.2, 0.25) is 0 Å². The van der Waals surface area contributed by atoms with Crippen LogP contribution in [0.4, 0.5) is 4.79 Å². The molecule has 3 saturated carbocycles. The highest BCUT2D eigenvalue weighted by Gasteiger charge is 2.32. The van der Waals surface area contributed by atoms with Gasteiger partial charge in [0, 0.05) is 19.1 Å². The summed E-state index contributed by atoms with van der Waals surface area (Å²) >= 11 is 0. The standard InChI is InChI=1S/C15H26N2O/c18-15(16-14-4-2-1-3-5-14)17(10-12-6-7-12)11-13-8-9-13/h12-14H,1-11H2,(H,16,18). The molecule has 0 aromatic carbocycles. The fourth-order valence-electron chi connectivity index (χ4n) is 2.98. The molecule has 102 valence electrons. The number of carbonyl (C=O) groups is 1. The first kappa shape index (κ1) is 12.3. The highest BCUT2D eigenvalue weighted by Crippen LogP contribution is 2.33. The van der Waals surface area contributed by atoms with E-state index in [9.17, 15) is 4.79 Å². The van der Waals surface area contributed by atoms with Crippen molar-refractivity contribution in [2.45, 2.75) is 63.8 Å². The number of amides is 2. The lowest BCUT2D eigenvalue weighted by molar-refractivity contribution is 0.185. The van der Waals surface area contributed by atoms with Gasteiger partial charge < -0.3 is 10.2 Å². The zero-order valence-corrected chi connectivity index (χ0v) is 11.4. The lowest BCUT2D eigenvalue weighted by atomic mass is 9.96. The Morgan fingerprint density at radius 1 is 0.889 bits per heavy atom. The third-order valence-electron chi connectivity index (χ3n) is 4.57. The average Bonchev–Trinajstić information content (AvgIpc) is 3.24. The maximum absolute atomic E-state index is 12.4. The average molecular weight is 250 g/mol. The molecule has 0 aliphatic heterocycles. The molecule has 0 spiro atoms. The quantitative estimate of drug-likeness (QED) is 0.798. The molecule has 0 atom stereocenters. The van der Waals surface area contributed by atoms with E-state index in [1.165, 1.54) is 57.8 Å². The summed E-state index contributed by atoms with van der Waals surface area (Å²) in [7, 11) is 0. The van der Waals surface area contributed by atoms with Crippen molar-refractivity contribution in [1.82, 2.24) is 10.2 Å². The summed E-state index contributed by atoms with van der Waals surface area (Å²) in [6.07, 6.45) is 11.6. The molecule has 3 fully saturated rings. The zero-order valence-electron chi connectivity index (χ0n) is 11.4. The van der Waals surface area contributed by atoms with E-state index in [4.69, 9.17) is 0 Å². The highest BCUT2D eigenvalue weighted by molar-refractivity contribution is 5.74. The molecule has 0 bridgehead atoms. The van der Waals surface area contributed by atoms with Gasteiger partial charge in [0.25, 0.3) is 0 Å². The Hall–Kier alpha value is -0.730. The van der Waals surface area contributed by atoms with Crippen LogP contribution in [0.1, 0.15) is 57.8 Å². The molecule has 0 aromatic rings. The number of hydrogen-bond donors (Lipinski definition) is 1. The minimum atomic E-state index is 0.223. The highest BCUT2D eigenvalue weighted by atomic mass is 16.2. The second-order valence-electron chi connectivity index (χ2n) is 6.58. The summed E-state index contributed by atoms with van der Waals surface area (Å²) in [6, 6.07) is 0.674. The van der Waals surface area contributed by atoms with Crippen LogP contribution >= 0.6 is 0 Å². The third kappa shape index (κ3) is 3.63. The van der Waals surface area contributed by atoms with E-state index in [2.05, 4.69) is 10.2 Å². The van der Waals surface area contributed by atoms with Crippen molar-refractivity contribution in [1.29, 1.82) is 0 Å². The molecule has 2 amide bonds. The van der Waals surface area contributed by atoms with Gasteiger partial charge in [-0.15, -0.1) is 0 Å². The molecule has 3 aliphatic carbocycles. The number of nitrogens with one attached hydrogen (secondary N) is 1. The topological polar surface area (TPSA) is 32.3 Å². The molecule has 3 rings (SSSR count). The van der Waals surface area contributed by atoms with Gasteiger partial charge in [-0.2, -0.15) is 0 Å². The van der Waals surface area contributed by atoms with Crippen LogP contribution in [-0.2, 0) is 0 Å². The van der Waals surface area contributed by atoms with E-state index in [-0.39, 0.29) is 6.03 Å². The van der Waals surface area contributed by atoms with Crippen LogP contribution in [0.5, 0.6) is 0 Å². The van der Waals surface area contributed by atoms with Crippen molar-refractivity contribution in [3.05, 3.63) is 0 Å². The number of urea groups is 1. The molecular weight excluding hydrogens is 224 g/mol. The SMILES string of the molecule is O=C(NC1CCCCC1)N(CC1CC1)CC1CC1. The summed E-state index contributed by atoms with van der Waals surface area (Å²) in [5.74, 6) is 1.61. The third-order valence-corrected chi connectivity index (χ3v) is 4.57. The predicted octanol–water partition coefficient (Wildman–Crippen LogP) is 3.15. The van der Waals surface area contributed by atoms with E-state index in [1.807, 2.05) is 0 Å². The van der Waals surface area contributed by atoms with Gasteiger partial charge in [-0.1, -0.05) is 19.3 Å². The van der Waals surface area contributed by atoms with Gasteiger partial charge in [0.05, 0.1) is 0 Å². The Labute approximate surface area is 110 Å². The van der Waals surface area contributed by atoms with Crippen molar-refractivity contribution in [2.75, 3.05) is 13.1 Å². The van der Waals surface area contributed by atoms with Gasteiger partial charge in [-0.25, -0.2) is 4.79 Å². The van der Waals surface area contributed by atoms with Gasteiger partial charge >= 0.3 is 6.03 Å². The van der Waals surface area contributed by atoms with Gasteiger partial charge in [-0.05, 0) is 50.4 Å². The first-order valence-electron chi connectivity index (χ1n) is 7.86. The molecule has 0 unspecified atom stereocenters. The zero-order chi connectivity index (χ0) is 12.4. The predicted molar refractivity (Wildman–Crippen MR) is 72.4 cm³/mol. The van der Waals surface area contributed by atoms with E-state index in [0.29, 0.717) is 6.04 Å².